The summed E-state index contributed by atoms with van der Waals surface area (Å²) in [6, 6.07) is 10.7. The van der Waals surface area contributed by atoms with Crippen LogP contribution in [0.15, 0.2) is 48.8 Å². The number of carbonyl (C=O) groups is 1. The van der Waals surface area contributed by atoms with E-state index in [0.717, 1.165) is 34.4 Å². The first-order chi connectivity index (χ1) is 14.0. The molecule has 0 amide bonds. The molecule has 0 aliphatic rings. The lowest BCUT2D eigenvalue weighted by Gasteiger charge is -2.20. The van der Waals surface area contributed by atoms with E-state index in [-0.39, 0.29) is 11.6 Å². The van der Waals surface area contributed by atoms with Gasteiger partial charge in [0.25, 0.3) is 0 Å². The number of hydrogen-bond acceptors (Lipinski definition) is 5. The number of aromatic nitrogens is 2. The molecule has 0 spiro atoms. The topological polar surface area (TPSA) is 55.3 Å². The molecular weight excluding hydrogens is 369 g/mol. The van der Waals surface area contributed by atoms with Gasteiger partial charge in [-0.25, -0.2) is 9.37 Å². The fraction of sp³-hybridized carbons (Fsp3) is 0.261. The number of methoxy groups -OCH3 is 1. The van der Waals surface area contributed by atoms with Crippen molar-refractivity contribution in [3.05, 3.63) is 82.6 Å². The van der Waals surface area contributed by atoms with E-state index < -0.39 is 0 Å². The minimum Gasteiger partial charge on any atom is -0.496 e. The molecule has 0 radical (unpaired) electrons. The van der Waals surface area contributed by atoms with E-state index in [2.05, 4.69) is 9.97 Å². The standard InChI is InChI=1S/C23H24FN3O2/c1-16-6-7-17(14-26-16)11-19-12-20(15-28)18(13-22(19)29-3)8-10-27(2)23-21(24)5-4-9-25-23/h4-7,9,12-15H,8,10-11H2,1-3H3. The summed E-state index contributed by atoms with van der Waals surface area (Å²) in [4.78, 5) is 21.9. The van der Waals surface area contributed by atoms with Gasteiger partial charge in [0.2, 0.25) is 0 Å². The van der Waals surface area contributed by atoms with Crippen LogP contribution in [0.2, 0.25) is 0 Å². The Bertz CT molecular complexity index is 990. The lowest BCUT2D eigenvalue weighted by atomic mass is 9.97. The third kappa shape index (κ3) is 4.96. The fourth-order valence-electron chi connectivity index (χ4n) is 3.22. The molecule has 0 fully saturated rings. The van der Waals surface area contributed by atoms with Crippen molar-refractivity contribution in [1.82, 2.24) is 9.97 Å². The summed E-state index contributed by atoms with van der Waals surface area (Å²) >= 11 is 0. The molecular formula is C23H24FN3O2. The first-order valence-corrected chi connectivity index (χ1v) is 9.40. The van der Waals surface area contributed by atoms with Crippen molar-refractivity contribution in [1.29, 1.82) is 0 Å². The number of aryl methyl sites for hydroxylation is 1. The van der Waals surface area contributed by atoms with E-state index in [9.17, 15) is 9.18 Å². The van der Waals surface area contributed by atoms with Gasteiger partial charge in [-0.3, -0.25) is 9.78 Å². The van der Waals surface area contributed by atoms with Gasteiger partial charge < -0.3 is 9.64 Å². The number of benzene rings is 1. The number of likely N-dealkylation sites (N-methyl/N-ethyl adjacent to an activating group) is 1. The van der Waals surface area contributed by atoms with Gasteiger partial charge in [0.15, 0.2) is 11.6 Å². The Balaban J connectivity index is 1.81. The van der Waals surface area contributed by atoms with E-state index in [0.29, 0.717) is 24.9 Å². The molecule has 2 aromatic heterocycles. The summed E-state index contributed by atoms with van der Waals surface area (Å²) in [6.07, 6.45) is 5.43. The number of pyridine rings is 2. The SMILES string of the molecule is COc1cc(CCN(C)c2ncccc2F)c(C=O)cc1Cc1ccc(C)nc1. The predicted octanol–water partition coefficient (Wildman–Crippen LogP) is 4.01. The smallest absolute Gasteiger partial charge is 0.165 e. The maximum absolute atomic E-state index is 13.9. The average Bonchev–Trinajstić information content (AvgIpc) is 2.74. The number of halogens is 1. The van der Waals surface area contributed by atoms with Crippen LogP contribution in [-0.4, -0.2) is 37.0 Å². The van der Waals surface area contributed by atoms with E-state index in [1.807, 2.05) is 37.4 Å². The van der Waals surface area contributed by atoms with E-state index >= 15 is 0 Å². The number of ether oxygens (including phenoxy) is 1. The predicted molar refractivity (Wildman–Crippen MR) is 111 cm³/mol. The second-order valence-corrected chi connectivity index (χ2v) is 6.95. The Labute approximate surface area is 170 Å². The van der Waals surface area contributed by atoms with Crippen molar-refractivity contribution in [3.63, 3.8) is 0 Å². The molecule has 29 heavy (non-hydrogen) atoms. The van der Waals surface area contributed by atoms with Crippen molar-refractivity contribution in [2.24, 2.45) is 0 Å². The van der Waals surface area contributed by atoms with E-state index in [1.165, 1.54) is 6.07 Å². The minimum atomic E-state index is -0.370. The maximum atomic E-state index is 13.9. The Hall–Kier alpha value is -3.28. The zero-order valence-corrected chi connectivity index (χ0v) is 16.9. The number of anilines is 1. The van der Waals surface area contributed by atoms with Gasteiger partial charge >= 0.3 is 0 Å². The molecule has 0 bridgehead atoms. The fourth-order valence-corrected chi connectivity index (χ4v) is 3.22. The average molecular weight is 393 g/mol. The molecule has 5 nitrogen and oxygen atoms in total. The Morgan fingerprint density at radius 2 is 2.00 bits per heavy atom. The molecule has 2 heterocycles. The van der Waals surface area contributed by atoms with Crippen molar-refractivity contribution in [2.75, 3.05) is 25.6 Å². The summed E-state index contributed by atoms with van der Waals surface area (Å²) in [7, 11) is 3.40. The highest BCUT2D eigenvalue weighted by Gasteiger charge is 2.14. The lowest BCUT2D eigenvalue weighted by molar-refractivity contribution is 0.112. The molecule has 0 unspecified atom stereocenters. The molecule has 0 N–H and O–H groups in total. The monoisotopic (exact) mass is 393 g/mol. The van der Waals surface area contributed by atoms with Crippen LogP contribution < -0.4 is 9.64 Å². The van der Waals surface area contributed by atoms with E-state index in [4.69, 9.17) is 4.74 Å². The number of rotatable bonds is 8. The van der Waals surface area contributed by atoms with Gasteiger partial charge in [0.1, 0.15) is 12.0 Å². The third-order valence-corrected chi connectivity index (χ3v) is 4.85. The van der Waals surface area contributed by atoms with Crippen LogP contribution in [0.3, 0.4) is 0 Å². The molecule has 0 aliphatic heterocycles. The molecule has 3 rings (SSSR count). The largest absolute Gasteiger partial charge is 0.496 e. The van der Waals surface area contributed by atoms with Gasteiger partial charge in [0.05, 0.1) is 7.11 Å². The van der Waals surface area contributed by atoms with Crippen LogP contribution in [0.4, 0.5) is 10.2 Å². The van der Waals surface area contributed by atoms with Crippen LogP contribution in [0, 0.1) is 12.7 Å². The van der Waals surface area contributed by atoms with Crippen LogP contribution >= 0.6 is 0 Å². The van der Waals surface area contributed by atoms with E-state index in [1.54, 1.807) is 31.3 Å². The van der Waals surface area contributed by atoms with Gasteiger partial charge in [-0.2, -0.15) is 0 Å². The van der Waals surface area contributed by atoms with Crippen molar-refractivity contribution in [3.8, 4) is 5.75 Å². The Morgan fingerprint density at radius 1 is 1.17 bits per heavy atom. The van der Waals surface area contributed by atoms with Crippen LogP contribution in [0.1, 0.15) is 32.7 Å². The van der Waals surface area contributed by atoms with Gasteiger partial charge in [-0.1, -0.05) is 6.07 Å². The molecule has 1 aromatic carbocycles. The number of nitrogens with zero attached hydrogens (tertiary/aromatic N) is 3. The second-order valence-electron chi connectivity index (χ2n) is 6.95. The molecule has 6 heteroatoms. The normalized spacial score (nSPS) is 10.6. The second kappa shape index (κ2) is 9.28. The lowest BCUT2D eigenvalue weighted by Crippen LogP contribution is -2.23. The van der Waals surface area contributed by atoms with Crippen molar-refractivity contribution in [2.45, 2.75) is 19.8 Å². The molecule has 3 aromatic rings. The number of carbonyl (C=O) groups excluding carboxylic acids is 1. The minimum absolute atomic E-state index is 0.288. The van der Waals surface area contributed by atoms with Crippen LogP contribution in [0.5, 0.6) is 5.75 Å². The number of hydrogen-bond donors (Lipinski definition) is 0. The summed E-state index contributed by atoms with van der Waals surface area (Å²) < 4.78 is 19.5. The highest BCUT2D eigenvalue weighted by Crippen LogP contribution is 2.26. The first kappa shape index (κ1) is 20.5. The number of aldehydes is 1. The highest BCUT2D eigenvalue weighted by molar-refractivity contribution is 5.78. The molecule has 0 saturated carbocycles. The molecule has 150 valence electrons. The Kier molecular flexibility index (Phi) is 6.54. The molecule has 0 saturated heterocycles. The quantitative estimate of drug-likeness (QED) is 0.541. The first-order valence-electron chi connectivity index (χ1n) is 9.40. The summed E-state index contributed by atoms with van der Waals surface area (Å²) in [5.41, 5.74) is 4.39. The van der Waals surface area contributed by atoms with Gasteiger partial charge in [0, 0.05) is 43.7 Å². The van der Waals surface area contributed by atoms with Gasteiger partial charge in [-0.05, 0) is 60.4 Å². The summed E-state index contributed by atoms with van der Waals surface area (Å²) in [6.45, 7) is 2.46. The highest BCUT2D eigenvalue weighted by atomic mass is 19.1. The van der Waals surface area contributed by atoms with Crippen LogP contribution in [-0.2, 0) is 12.8 Å². The summed E-state index contributed by atoms with van der Waals surface area (Å²) in [5.74, 6) is 0.638. The zero-order valence-electron chi connectivity index (χ0n) is 16.9. The van der Waals surface area contributed by atoms with Crippen molar-refractivity contribution >= 4 is 12.1 Å². The molecule has 0 aliphatic carbocycles. The Morgan fingerprint density at radius 3 is 2.66 bits per heavy atom. The van der Waals surface area contributed by atoms with Crippen molar-refractivity contribution < 1.29 is 13.9 Å². The zero-order chi connectivity index (χ0) is 20.8. The third-order valence-electron chi connectivity index (χ3n) is 4.85. The molecule has 0 atom stereocenters. The van der Waals surface area contributed by atoms with Gasteiger partial charge in [-0.15, -0.1) is 0 Å². The summed E-state index contributed by atoms with van der Waals surface area (Å²) in [5, 5.41) is 0. The van der Waals surface area contributed by atoms with Crippen LogP contribution in [0.25, 0.3) is 0 Å². The maximum Gasteiger partial charge on any atom is 0.165 e.